The number of aliphatic hydroxyl groups is 1. The average Bonchev–Trinajstić information content (AvgIpc) is 3.04. The molecule has 0 saturated carbocycles. The van der Waals surface area contributed by atoms with Crippen LogP contribution >= 0.6 is 0 Å². The molecule has 0 bridgehead atoms. The summed E-state index contributed by atoms with van der Waals surface area (Å²) in [7, 11) is 0.139. The zero-order chi connectivity index (χ0) is 14.1. The van der Waals surface area contributed by atoms with Crippen LogP contribution in [-0.2, 0) is 4.74 Å². The Hall–Kier alpha value is -2.05. The highest BCUT2D eigenvalue weighted by molar-refractivity contribution is 6.51. The Morgan fingerprint density at radius 1 is 1.50 bits per heavy atom. The molecule has 1 fully saturated rings. The number of hydrogen-bond acceptors (Lipinski definition) is 8. The van der Waals surface area contributed by atoms with Crippen LogP contribution in [0.1, 0.15) is 12.8 Å². The molecule has 8 nitrogen and oxygen atoms in total. The second kappa shape index (κ2) is 5.15. The molecular weight excluding hydrogens is 261 g/mol. The monoisotopic (exact) mass is 275 g/mol. The van der Waals surface area contributed by atoms with Crippen molar-refractivity contribution in [3.05, 3.63) is 6.33 Å². The van der Waals surface area contributed by atoms with Crippen LogP contribution in [0.25, 0.3) is 0 Å². The number of aromatic nitrogens is 2. The lowest BCUT2D eigenvalue weighted by atomic mass is 9.95. The minimum Gasteiger partial charge on any atom is -0.492 e. The molecule has 2 aliphatic rings. The number of rotatable bonds is 3. The predicted octanol–water partition coefficient (Wildman–Crippen LogP) is -0.904. The summed E-state index contributed by atoms with van der Waals surface area (Å²) < 4.78 is 5.74. The van der Waals surface area contributed by atoms with Gasteiger partial charge in [-0.3, -0.25) is 0 Å². The molecular formula is C11H14BN5O3. The van der Waals surface area contributed by atoms with E-state index >= 15 is 0 Å². The normalized spacial score (nSPS) is 24.6. The van der Waals surface area contributed by atoms with Crippen molar-refractivity contribution in [2.75, 3.05) is 23.0 Å². The van der Waals surface area contributed by atoms with E-state index in [0.29, 0.717) is 18.2 Å². The standard InChI is InChI=1S/C11H14BN5O3/c13-4-12-17-6-16(8-2-1-7(3-18)20-8)10-9(17)11(19)15-5-14-10/h5,7-8,12,18H,1-3,6H2,(H,14,15,19)/t7-,8+/m0/s1. The lowest BCUT2D eigenvalue weighted by molar-refractivity contribution is 0.0113. The Labute approximate surface area is 116 Å². The van der Waals surface area contributed by atoms with E-state index in [0.717, 1.165) is 12.8 Å². The molecule has 1 saturated heterocycles. The molecule has 2 atom stereocenters. The molecule has 9 heteroatoms. The van der Waals surface area contributed by atoms with Gasteiger partial charge in [-0.25, -0.2) is 15.2 Å². The van der Waals surface area contributed by atoms with Crippen LogP contribution in [0.4, 0.5) is 11.5 Å². The molecule has 0 unspecified atom stereocenters. The van der Waals surface area contributed by atoms with E-state index < -0.39 is 0 Å². The minimum absolute atomic E-state index is 0.00582. The molecule has 0 spiro atoms. The van der Waals surface area contributed by atoms with Crippen molar-refractivity contribution in [2.24, 2.45) is 0 Å². The first-order valence-electron chi connectivity index (χ1n) is 6.43. The van der Waals surface area contributed by atoms with Gasteiger partial charge in [0.15, 0.2) is 5.82 Å². The van der Waals surface area contributed by atoms with Crippen LogP contribution in [0.15, 0.2) is 6.33 Å². The first kappa shape index (κ1) is 13.0. The van der Waals surface area contributed by atoms with Gasteiger partial charge in [-0.2, -0.15) is 0 Å². The topological polar surface area (TPSA) is 106 Å². The number of fused-ring (bicyclic) bond motifs is 1. The van der Waals surface area contributed by atoms with Gasteiger partial charge < -0.3 is 24.7 Å². The largest absolute Gasteiger partial charge is 0.492 e. The van der Waals surface area contributed by atoms with E-state index in [1.54, 1.807) is 4.81 Å². The second-order valence-corrected chi connectivity index (χ2v) is 4.81. The summed E-state index contributed by atoms with van der Waals surface area (Å²) in [4.78, 5) is 11.6. The third kappa shape index (κ3) is 2.03. The molecule has 0 aliphatic carbocycles. The Kier molecular flexibility index (Phi) is 3.34. The van der Waals surface area contributed by atoms with Gasteiger partial charge in [-0.1, -0.05) is 0 Å². The number of aromatic hydroxyl groups is 1. The molecule has 0 aromatic carbocycles. The van der Waals surface area contributed by atoms with Gasteiger partial charge in [0, 0.05) is 5.97 Å². The van der Waals surface area contributed by atoms with E-state index in [1.807, 2.05) is 4.90 Å². The summed E-state index contributed by atoms with van der Waals surface area (Å²) in [6.07, 6.45) is 2.47. The number of nitriles is 1. The maximum absolute atomic E-state index is 9.88. The van der Waals surface area contributed by atoms with Crippen LogP contribution in [0.2, 0.25) is 0 Å². The van der Waals surface area contributed by atoms with Gasteiger partial charge in [0.1, 0.15) is 18.2 Å². The third-order valence-corrected chi connectivity index (χ3v) is 3.59. The molecule has 3 rings (SSSR count). The summed E-state index contributed by atoms with van der Waals surface area (Å²) in [5.74, 6) is 2.49. The molecule has 3 heterocycles. The zero-order valence-corrected chi connectivity index (χ0v) is 10.8. The van der Waals surface area contributed by atoms with E-state index in [2.05, 4.69) is 15.9 Å². The summed E-state index contributed by atoms with van der Waals surface area (Å²) in [6.45, 7) is 0.409. The lowest BCUT2D eigenvalue weighted by Crippen LogP contribution is -2.40. The summed E-state index contributed by atoms with van der Waals surface area (Å²) in [6, 6.07) is 0. The maximum Gasteiger partial charge on any atom is 0.362 e. The van der Waals surface area contributed by atoms with Gasteiger partial charge in [0.05, 0.1) is 19.4 Å². The molecule has 2 N–H and O–H groups in total. The molecule has 1 aromatic rings. The second-order valence-electron chi connectivity index (χ2n) is 4.81. The van der Waals surface area contributed by atoms with Crippen molar-refractivity contribution >= 4 is 18.9 Å². The van der Waals surface area contributed by atoms with Crippen LogP contribution in [-0.4, -0.2) is 53.2 Å². The van der Waals surface area contributed by atoms with Gasteiger partial charge in [-0.05, 0) is 12.8 Å². The minimum atomic E-state index is -0.205. The molecule has 0 amide bonds. The number of nitrogens with zero attached hydrogens (tertiary/aromatic N) is 5. The molecule has 104 valence electrons. The lowest BCUT2D eigenvalue weighted by Gasteiger charge is -2.25. The van der Waals surface area contributed by atoms with Crippen molar-refractivity contribution in [1.82, 2.24) is 9.97 Å². The van der Waals surface area contributed by atoms with Crippen LogP contribution in [0.3, 0.4) is 0 Å². The SMILES string of the molecule is N#CBN1CN([C@H]2CC[C@@H](CO)O2)c2ncnc(O)c21. The highest BCUT2D eigenvalue weighted by Crippen LogP contribution is 2.41. The quantitative estimate of drug-likeness (QED) is 0.683. The van der Waals surface area contributed by atoms with Gasteiger partial charge >= 0.3 is 7.41 Å². The first-order valence-corrected chi connectivity index (χ1v) is 6.43. The van der Waals surface area contributed by atoms with Gasteiger partial charge in [0.2, 0.25) is 5.88 Å². The Morgan fingerprint density at radius 3 is 3.05 bits per heavy atom. The fraction of sp³-hybridized carbons (Fsp3) is 0.545. The van der Waals surface area contributed by atoms with E-state index in [9.17, 15) is 5.11 Å². The van der Waals surface area contributed by atoms with Gasteiger partial charge in [0.25, 0.3) is 0 Å². The van der Waals surface area contributed by atoms with Crippen molar-refractivity contribution in [2.45, 2.75) is 25.2 Å². The third-order valence-electron chi connectivity index (χ3n) is 3.59. The van der Waals surface area contributed by atoms with Crippen molar-refractivity contribution in [3.8, 4) is 11.8 Å². The Bertz CT molecular complexity index is 551. The number of aliphatic hydroxyl groups excluding tert-OH is 1. The van der Waals surface area contributed by atoms with Crippen molar-refractivity contribution in [1.29, 1.82) is 5.26 Å². The fourth-order valence-corrected chi connectivity index (χ4v) is 2.67. The number of ether oxygens (including phenoxy) is 1. The predicted molar refractivity (Wildman–Crippen MR) is 71.3 cm³/mol. The van der Waals surface area contributed by atoms with E-state index in [4.69, 9.17) is 15.1 Å². The van der Waals surface area contributed by atoms with Crippen LogP contribution < -0.4 is 9.71 Å². The molecule has 0 radical (unpaired) electrons. The van der Waals surface area contributed by atoms with Crippen LogP contribution in [0, 0.1) is 11.2 Å². The molecule has 1 aromatic heterocycles. The van der Waals surface area contributed by atoms with E-state index in [-0.39, 0.29) is 32.2 Å². The Balaban J connectivity index is 1.89. The van der Waals surface area contributed by atoms with Crippen molar-refractivity contribution < 1.29 is 14.9 Å². The Morgan fingerprint density at radius 2 is 2.35 bits per heavy atom. The highest BCUT2D eigenvalue weighted by atomic mass is 16.5. The van der Waals surface area contributed by atoms with E-state index in [1.165, 1.54) is 6.33 Å². The van der Waals surface area contributed by atoms with Gasteiger partial charge in [-0.15, -0.1) is 0 Å². The molecule has 20 heavy (non-hydrogen) atoms. The average molecular weight is 275 g/mol. The zero-order valence-electron chi connectivity index (χ0n) is 10.8. The van der Waals surface area contributed by atoms with Crippen LogP contribution in [0.5, 0.6) is 5.88 Å². The number of anilines is 2. The smallest absolute Gasteiger partial charge is 0.362 e. The summed E-state index contributed by atoms with van der Waals surface area (Å²) in [5, 5.41) is 27.9. The number of hydrogen-bond donors (Lipinski definition) is 2. The fourth-order valence-electron chi connectivity index (χ4n) is 2.67. The maximum atomic E-state index is 9.88. The molecule has 2 aliphatic heterocycles. The summed E-state index contributed by atoms with van der Waals surface area (Å²) >= 11 is 0. The summed E-state index contributed by atoms with van der Waals surface area (Å²) in [5.41, 5.74) is 0.463. The first-order chi connectivity index (χ1) is 9.74. The highest BCUT2D eigenvalue weighted by Gasteiger charge is 2.38. The van der Waals surface area contributed by atoms with Crippen molar-refractivity contribution in [3.63, 3.8) is 0 Å².